The second-order valence-corrected chi connectivity index (χ2v) is 4.97. The molecule has 1 aromatic carbocycles. The molecule has 0 bridgehead atoms. The lowest BCUT2D eigenvalue weighted by Crippen LogP contribution is -2.35. The number of rotatable bonds is 3. The number of para-hydroxylation sites is 1. The van der Waals surface area contributed by atoms with Crippen LogP contribution in [0.25, 0.3) is 11.0 Å². The third kappa shape index (κ3) is 3.28. The van der Waals surface area contributed by atoms with E-state index in [1.54, 1.807) is 0 Å². The topological polar surface area (TPSA) is 32.0 Å². The summed E-state index contributed by atoms with van der Waals surface area (Å²) in [6, 6.07) is 10.2. The van der Waals surface area contributed by atoms with Crippen LogP contribution in [0.15, 0.2) is 39.7 Å². The zero-order valence-electron chi connectivity index (χ0n) is 12.1. The Morgan fingerprint density at radius 3 is 2.42 bits per heavy atom. The molecule has 0 saturated carbocycles. The van der Waals surface area contributed by atoms with E-state index in [1.807, 2.05) is 56.2 Å². The summed E-state index contributed by atoms with van der Waals surface area (Å²) in [5.41, 5.74) is 0.946. The van der Waals surface area contributed by atoms with Gasteiger partial charge in [0, 0.05) is 46.5 Å². The Bertz CT molecular complexity index is 527. The van der Waals surface area contributed by atoms with E-state index >= 15 is 0 Å². The maximum absolute atomic E-state index is 5.77. The Balaban J connectivity index is 2.04. The number of guanidine groups is 1. The zero-order valence-corrected chi connectivity index (χ0v) is 12.1. The van der Waals surface area contributed by atoms with Crippen molar-refractivity contribution < 1.29 is 4.42 Å². The van der Waals surface area contributed by atoms with Gasteiger partial charge in [-0.25, -0.2) is 0 Å². The van der Waals surface area contributed by atoms with Crippen molar-refractivity contribution in [2.75, 3.05) is 34.7 Å². The van der Waals surface area contributed by atoms with Crippen molar-refractivity contribution in [3.05, 3.63) is 36.1 Å². The van der Waals surface area contributed by atoms with Crippen LogP contribution in [0.1, 0.15) is 5.76 Å². The molecule has 0 aliphatic rings. The van der Waals surface area contributed by atoms with Crippen molar-refractivity contribution >= 4 is 16.9 Å². The summed E-state index contributed by atoms with van der Waals surface area (Å²) < 4.78 is 5.77. The number of benzene rings is 1. The van der Waals surface area contributed by atoms with Crippen LogP contribution in [-0.2, 0) is 6.42 Å². The van der Waals surface area contributed by atoms with Crippen LogP contribution >= 0.6 is 0 Å². The molecule has 1 heterocycles. The standard InChI is InChI=1S/C15H21N3O/c1-17(2)15(18(3)4)16-10-9-13-11-12-7-5-6-8-14(12)19-13/h5-8,11H,9-10H2,1-4H3. The molecule has 0 radical (unpaired) electrons. The van der Waals surface area contributed by atoms with Crippen molar-refractivity contribution in [3.8, 4) is 0 Å². The van der Waals surface area contributed by atoms with Gasteiger partial charge in [-0.1, -0.05) is 18.2 Å². The van der Waals surface area contributed by atoms with E-state index < -0.39 is 0 Å². The molecule has 4 nitrogen and oxygen atoms in total. The fraction of sp³-hybridized carbons (Fsp3) is 0.400. The predicted octanol–water partition coefficient (Wildman–Crippen LogP) is 2.45. The first kappa shape index (κ1) is 13.5. The van der Waals surface area contributed by atoms with Crippen molar-refractivity contribution in [2.45, 2.75) is 6.42 Å². The fourth-order valence-corrected chi connectivity index (χ4v) is 2.11. The summed E-state index contributed by atoms with van der Waals surface area (Å²) in [5, 5.41) is 1.15. The molecule has 4 heteroatoms. The predicted molar refractivity (Wildman–Crippen MR) is 79.6 cm³/mol. The molecule has 0 N–H and O–H groups in total. The van der Waals surface area contributed by atoms with Gasteiger partial charge in [-0.3, -0.25) is 4.99 Å². The summed E-state index contributed by atoms with van der Waals surface area (Å²) in [4.78, 5) is 8.62. The highest BCUT2D eigenvalue weighted by Crippen LogP contribution is 2.18. The lowest BCUT2D eigenvalue weighted by molar-refractivity contribution is 0.477. The number of fused-ring (bicyclic) bond motifs is 1. The Kier molecular flexibility index (Phi) is 4.10. The van der Waals surface area contributed by atoms with Gasteiger partial charge in [-0.2, -0.15) is 0 Å². The Labute approximate surface area is 114 Å². The Morgan fingerprint density at radius 2 is 1.79 bits per heavy atom. The van der Waals surface area contributed by atoms with Gasteiger partial charge in [0.1, 0.15) is 11.3 Å². The smallest absolute Gasteiger partial charge is 0.195 e. The van der Waals surface area contributed by atoms with Crippen LogP contribution in [0.4, 0.5) is 0 Å². The van der Waals surface area contributed by atoms with Gasteiger partial charge in [-0.15, -0.1) is 0 Å². The zero-order chi connectivity index (χ0) is 13.8. The Morgan fingerprint density at radius 1 is 1.11 bits per heavy atom. The molecule has 0 unspecified atom stereocenters. The first-order chi connectivity index (χ1) is 9.08. The van der Waals surface area contributed by atoms with Crippen LogP contribution in [-0.4, -0.2) is 50.5 Å². The average molecular weight is 259 g/mol. The minimum absolute atomic E-state index is 0.728. The monoisotopic (exact) mass is 259 g/mol. The first-order valence-electron chi connectivity index (χ1n) is 6.44. The van der Waals surface area contributed by atoms with Gasteiger partial charge in [0.15, 0.2) is 5.96 Å². The molecule has 2 aromatic rings. The molecular formula is C15H21N3O. The molecule has 0 aliphatic heterocycles. The molecule has 0 atom stereocenters. The highest BCUT2D eigenvalue weighted by atomic mass is 16.3. The van der Waals surface area contributed by atoms with Gasteiger partial charge in [-0.05, 0) is 12.1 Å². The number of hydrogen-bond acceptors (Lipinski definition) is 2. The molecule has 0 fully saturated rings. The van der Waals surface area contributed by atoms with Crippen molar-refractivity contribution in [1.82, 2.24) is 9.80 Å². The van der Waals surface area contributed by atoms with Crippen LogP contribution in [0.3, 0.4) is 0 Å². The van der Waals surface area contributed by atoms with Gasteiger partial charge in [0.25, 0.3) is 0 Å². The van der Waals surface area contributed by atoms with E-state index in [1.165, 1.54) is 0 Å². The lowest BCUT2D eigenvalue weighted by atomic mass is 10.2. The van der Waals surface area contributed by atoms with E-state index in [4.69, 9.17) is 4.42 Å². The number of nitrogens with zero attached hydrogens (tertiary/aromatic N) is 3. The van der Waals surface area contributed by atoms with Crippen LogP contribution in [0.2, 0.25) is 0 Å². The van der Waals surface area contributed by atoms with Gasteiger partial charge < -0.3 is 14.2 Å². The van der Waals surface area contributed by atoms with Gasteiger partial charge in [0.2, 0.25) is 0 Å². The Hall–Kier alpha value is -1.97. The molecule has 102 valence electrons. The number of hydrogen-bond donors (Lipinski definition) is 0. The number of aliphatic imine (C=N–C) groups is 1. The van der Waals surface area contributed by atoms with Gasteiger partial charge in [0.05, 0.1) is 0 Å². The van der Waals surface area contributed by atoms with Gasteiger partial charge >= 0.3 is 0 Å². The normalized spacial score (nSPS) is 10.5. The maximum Gasteiger partial charge on any atom is 0.195 e. The first-order valence-corrected chi connectivity index (χ1v) is 6.44. The summed E-state index contributed by atoms with van der Waals surface area (Å²) in [5.74, 6) is 1.96. The van der Waals surface area contributed by atoms with Crippen molar-refractivity contribution in [3.63, 3.8) is 0 Å². The average Bonchev–Trinajstić information content (AvgIpc) is 2.76. The van der Waals surface area contributed by atoms with Crippen molar-refractivity contribution in [2.24, 2.45) is 4.99 Å². The highest BCUT2D eigenvalue weighted by Gasteiger charge is 2.05. The van der Waals surface area contributed by atoms with Crippen LogP contribution < -0.4 is 0 Å². The summed E-state index contributed by atoms with van der Waals surface area (Å²) in [6.45, 7) is 0.728. The molecule has 19 heavy (non-hydrogen) atoms. The van der Waals surface area contributed by atoms with E-state index in [2.05, 4.69) is 17.1 Å². The van der Waals surface area contributed by atoms with Crippen LogP contribution in [0, 0.1) is 0 Å². The van der Waals surface area contributed by atoms with Crippen LogP contribution in [0.5, 0.6) is 0 Å². The largest absolute Gasteiger partial charge is 0.461 e. The molecule has 2 rings (SSSR count). The molecule has 0 saturated heterocycles. The summed E-state index contributed by atoms with van der Waals surface area (Å²) in [6.07, 6.45) is 0.819. The molecule has 1 aromatic heterocycles. The fourth-order valence-electron chi connectivity index (χ4n) is 2.11. The number of furan rings is 1. The molecule has 0 amide bonds. The SMILES string of the molecule is CN(C)C(=NCCc1cc2ccccc2o1)N(C)C. The minimum atomic E-state index is 0.728. The second kappa shape index (κ2) is 5.78. The lowest BCUT2D eigenvalue weighted by Gasteiger charge is -2.22. The van der Waals surface area contributed by atoms with E-state index in [-0.39, 0.29) is 0 Å². The molecule has 0 aliphatic carbocycles. The molecular weight excluding hydrogens is 238 g/mol. The highest BCUT2D eigenvalue weighted by molar-refractivity contribution is 5.79. The van der Waals surface area contributed by atoms with E-state index in [0.717, 1.165) is 35.7 Å². The van der Waals surface area contributed by atoms with E-state index in [0.29, 0.717) is 0 Å². The van der Waals surface area contributed by atoms with E-state index in [9.17, 15) is 0 Å². The second-order valence-electron chi connectivity index (χ2n) is 4.97. The van der Waals surface area contributed by atoms with Crippen molar-refractivity contribution in [1.29, 1.82) is 0 Å². The summed E-state index contributed by atoms with van der Waals surface area (Å²) >= 11 is 0. The maximum atomic E-state index is 5.77. The minimum Gasteiger partial charge on any atom is -0.461 e. The third-order valence-electron chi connectivity index (χ3n) is 2.89. The molecule has 0 spiro atoms. The summed E-state index contributed by atoms with van der Waals surface area (Å²) in [7, 11) is 8.00. The third-order valence-corrected chi connectivity index (χ3v) is 2.89. The quantitative estimate of drug-likeness (QED) is 0.627.